The Morgan fingerprint density at radius 2 is 0.748 bits per heavy atom. The van der Waals surface area contributed by atoms with Crippen molar-refractivity contribution in [1.82, 2.24) is 69.6 Å². The molecule has 0 bridgehead atoms. The van der Waals surface area contributed by atoms with Gasteiger partial charge in [-0.3, -0.25) is 4.90 Å². The average molecular weight is 1490 g/mol. The number of likely N-dealkylation sites (tertiary alicyclic amines) is 2. The number of aromatic amines is 3. The maximum absolute atomic E-state index is 6.17. The lowest BCUT2D eigenvalue weighted by molar-refractivity contribution is 0.122. The van der Waals surface area contributed by atoms with E-state index in [-0.39, 0.29) is 6.10 Å². The van der Waals surface area contributed by atoms with E-state index in [1.165, 1.54) is 65.9 Å². The number of hydrogen-bond acceptors (Lipinski definition) is 24. The lowest BCUT2D eigenvalue weighted by Gasteiger charge is -2.35. The molecule has 27 nitrogen and oxygen atoms in total. The second-order valence-corrected chi connectivity index (χ2v) is 29.6. The van der Waals surface area contributed by atoms with Crippen LogP contribution in [0.25, 0.3) is 33.5 Å². The standard InChI is InChI=1S/C34H38N8O.C29H34N8O2.C21H27N7O/c1-3-7-25(8-4-1)30(26-9-5-2-6-10-26)23-41-17-15-28(16-18-41)37-33-31-32(36-24-35-31)39-34(40-33)38-27-11-13-29(14-12-27)42-19-21-43-22-20-42;1-2-4-25-20(3-1)17-24(39-25)18-36-11-9-22(10-12-36)32-28-26-27(31-19-30-26)34-29(35-28)33-21-5-7-23(8-6-21)37-13-15-38-16-14-37;1-2-4-15(5-3-1)24-20-18-19(23-14-22-18)26-21(27-20)25-16-6-8-17(9-7-16)28-10-12-29-13-11-28/h1-14,24,28,30H,15-23H2,(H3,35,36,37,38,39,40);1-8,19,22,24H,9-18H2,(H3,30,31,32,33,34,35);6-9,14-15H,1-5,10-13H2,(H3,22,23,24,25,26,27). The van der Waals surface area contributed by atoms with E-state index in [0.29, 0.717) is 58.8 Å². The van der Waals surface area contributed by atoms with Crippen LogP contribution in [0.1, 0.15) is 80.4 Å². The Morgan fingerprint density at radius 3 is 1.14 bits per heavy atom. The number of fused-ring (bicyclic) bond motifs is 4. The fraction of sp³-hybridized carbons (Fsp3) is 0.393. The Kier molecular flexibility index (Phi) is 23.0. The Bertz CT molecular complexity index is 4850. The van der Waals surface area contributed by atoms with Crippen molar-refractivity contribution < 1.29 is 18.9 Å². The van der Waals surface area contributed by atoms with Crippen molar-refractivity contribution in [2.24, 2.45) is 0 Å². The van der Waals surface area contributed by atoms with E-state index >= 15 is 0 Å². The Morgan fingerprint density at radius 1 is 0.378 bits per heavy atom. The first-order valence-corrected chi connectivity index (χ1v) is 39.7. The number of rotatable bonds is 21. The van der Waals surface area contributed by atoms with Gasteiger partial charge in [0.15, 0.2) is 34.4 Å². The molecule has 6 fully saturated rings. The highest BCUT2D eigenvalue weighted by Crippen LogP contribution is 2.34. The van der Waals surface area contributed by atoms with Crippen LogP contribution in [-0.2, 0) is 20.6 Å². The molecule has 6 aromatic carbocycles. The summed E-state index contributed by atoms with van der Waals surface area (Å²) in [6.07, 6.45) is 16.7. The zero-order valence-corrected chi connectivity index (χ0v) is 62.8. The van der Waals surface area contributed by atoms with Crippen LogP contribution < -0.4 is 51.3 Å². The van der Waals surface area contributed by atoms with Crippen LogP contribution in [0.3, 0.4) is 0 Å². The van der Waals surface area contributed by atoms with Crippen molar-refractivity contribution >= 4 is 103 Å². The first kappa shape index (κ1) is 72.6. The molecule has 1 aliphatic carbocycles. The molecule has 0 radical (unpaired) electrons. The van der Waals surface area contributed by atoms with Gasteiger partial charge in [0.1, 0.15) is 28.4 Å². The number of imidazole rings is 3. The fourth-order valence-electron chi connectivity index (χ4n) is 16.1. The predicted octanol–water partition coefficient (Wildman–Crippen LogP) is 13.1. The minimum absolute atomic E-state index is 0.245. The SMILES string of the molecule is c1ccc(C(CN2CCC(Nc3nc(Nc4ccc(N5CCOCC5)cc4)nc4nc[nH]c34)CC2)c2ccccc2)cc1.c1ccc2c(c1)CC(CN1CCC(Nc3nc(Nc4ccc(N5CCOCC5)cc4)nc4nc[nH]c34)CC1)O2.c1nc2nc(Nc3ccc(N4CCOCC4)cc3)nc(NC3CCCCC3)c2[nH]1. The topological polar surface area (TPSA) is 289 Å². The molecule has 0 amide bonds. The van der Waals surface area contributed by atoms with Crippen LogP contribution >= 0.6 is 0 Å². The van der Waals surface area contributed by atoms with E-state index in [4.69, 9.17) is 33.9 Å². The van der Waals surface area contributed by atoms with Gasteiger partial charge in [-0.15, -0.1) is 0 Å². The number of morpholine rings is 3. The zero-order valence-electron chi connectivity index (χ0n) is 62.8. The number of ether oxygens (including phenoxy) is 4. The molecular weight excluding hydrogens is 1400 g/mol. The molecule has 19 rings (SSSR count). The second-order valence-electron chi connectivity index (χ2n) is 29.6. The Hall–Kier alpha value is -11.2. The number of aromatic nitrogens is 12. The summed E-state index contributed by atoms with van der Waals surface area (Å²) >= 11 is 0. The molecule has 12 heterocycles. The van der Waals surface area contributed by atoms with E-state index < -0.39 is 0 Å². The normalized spacial score (nSPS) is 18.2. The van der Waals surface area contributed by atoms with E-state index in [0.717, 1.165) is 207 Å². The predicted molar refractivity (Wildman–Crippen MR) is 439 cm³/mol. The molecular formula is C84H99N23O4. The summed E-state index contributed by atoms with van der Waals surface area (Å²) in [5.74, 6) is 5.43. The van der Waals surface area contributed by atoms with Gasteiger partial charge in [0.05, 0.1) is 58.6 Å². The molecule has 27 heteroatoms. The number of para-hydroxylation sites is 1. The number of nitrogens with one attached hydrogen (secondary N) is 9. The number of anilines is 12. The Labute approximate surface area is 646 Å². The molecule has 1 atom stereocenters. The fourth-order valence-corrected chi connectivity index (χ4v) is 16.1. The van der Waals surface area contributed by atoms with Gasteiger partial charge < -0.3 is 85.4 Å². The van der Waals surface area contributed by atoms with Crippen LogP contribution in [0, 0.1) is 0 Å². The molecule has 12 aromatic rings. The molecule has 9 N–H and O–H groups in total. The second kappa shape index (κ2) is 35.2. The van der Waals surface area contributed by atoms with E-state index in [9.17, 15) is 0 Å². The molecule has 6 aromatic heterocycles. The third-order valence-corrected chi connectivity index (χ3v) is 22.2. The van der Waals surface area contributed by atoms with Gasteiger partial charge in [0.25, 0.3) is 0 Å². The molecule has 574 valence electrons. The van der Waals surface area contributed by atoms with Crippen LogP contribution in [0.4, 0.5) is 69.4 Å². The van der Waals surface area contributed by atoms with Crippen molar-refractivity contribution in [2.45, 2.75) is 94.4 Å². The smallest absolute Gasteiger partial charge is 0.231 e. The highest BCUT2D eigenvalue weighted by atomic mass is 16.5. The molecule has 7 aliphatic rings. The highest BCUT2D eigenvalue weighted by molar-refractivity contribution is 5.86. The summed E-state index contributed by atoms with van der Waals surface area (Å²) in [7, 11) is 0. The first-order chi connectivity index (χ1) is 54.9. The van der Waals surface area contributed by atoms with Crippen LogP contribution in [-0.4, -0.2) is 212 Å². The molecule has 6 aliphatic heterocycles. The summed E-state index contributed by atoms with van der Waals surface area (Å²) in [5, 5.41) is 21.1. The largest absolute Gasteiger partial charge is 0.488 e. The monoisotopic (exact) mass is 1490 g/mol. The van der Waals surface area contributed by atoms with Crippen LogP contribution in [0.5, 0.6) is 5.75 Å². The number of piperidine rings is 2. The third kappa shape index (κ3) is 18.5. The van der Waals surface area contributed by atoms with Crippen LogP contribution in [0.15, 0.2) is 177 Å². The van der Waals surface area contributed by atoms with Gasteiger partial charge >= 0.3 is 0 Å². The summed E-state index contributed by atoms with van der Waals surface area (Å²) in [6.45, 7) is 16.3. The molecule has 1 unspecified atom stereocenters. The quantitative estimate of drug-likeness (QED) is 0.0323. The highest BCUT2D eigenvalue weighted by Gasteiger charge is 2.30. The average Bonchev–Trinajstić information content (AvgIpc) is 1.50. The summed E-state index contributed by atoms with van der Waals surface area (Å²) in [6, 6.07) is 56.5. The van der Waals surface area contributed by atoms with Gasteiger partial charge in [-0.25, -0.2) is 15.0 Å². The van der Waals surface area contributed by atoms with Gasteiger partial charge in [-0.1, -0.05) is 98.1 Å². The first-order valence-electron chi connectivity index (χ1n) is 39.7. The molecule has 1 saturated carbocycles. The minimum atomic E-state index is 0.245. The van der Waals surface area contributed by atoms with Gasteiger partial charge in [0.2, 0.25) is 17.8 Å². The number of nitrogens with zero attached hydrogens (tertiary/aromatic N) is 14. The van der Waals surface area contributed by atoms with Crippen molar-refractivity contribution in [3.05, 3.63) is 193 Å². The third-order valence-electron chi connectivity index (χ3n) is 22.2. The van der Waals surface area contributed by atoms with E-state index in [1.54, 1.807) is 19.0 Å². The maximum Gasteiger partial charge on any atom is 0.231 e. The van der Waals surface area contributed by atoms with Crippen molar-refractivity contribution in [3.63, 3.8) is 0 Å². The molecule has 0 spiro atoms. The van der Waals surface area contributed by atoms with Crippen molar-refractivity contribution in [1.29, 1.82) is 0 Å². The van der Waals surface area contributed by atoms with Gasteiger partial charge in [0, 0.05) is 143 Å². The van der Waals surface area contributed by atoms with E-state index in [2.05, 4.69) is 253 Å². The van der Waals surface area contributed by atoms with Gasteiger partial charge in [-0.05, 0) is 134 Å². The van der Waals surface area contributed by atoms with Crippen LogP contribution in [0.2, 0.25) is 0 Å². The number of hydrogen-bond donors (Lipinski definition) is 9. The summed E-state index contributed by atoms with van der Waals surface area (Å²) in [4.78, 5) is 63.3. The molecule has 5 saturated heterocycles. The minimum Gasteiger partial charge on any atom is -0.488 e. The maximum atomic E-state index is 6.17. The van der Waals surface area contributed by atoms with Crippen molar-refractivity contribution in [2.75, 3.05) is 165 Å². The number of benzene rings is 6. The Balaban J connectivity index is 0.000000123. The molecule has 111 heavy (non-hydrogen) atoms. The van der Waals surface area contributed by atoms with Gasteiger partial charge in [-0.2, -0.15) is 29.9 Å². The lowest BCUT2D eigenvalue weighted by Crippen LogP contribution is -2.43. The zero-order chi connectivity index (χ0) is 74.3. The van der Waals surface area contributed by atoms with Crippen molar-refractivity contribution in [3.8, 4) is 5.75 Å². The lowest BCUT2D eigenvalue weighted by atomic mass is 9.90. The summed E-state index contributed by atoms with van der Waals surface area (Å²) in [5.41, 5.74) is 15.0. The summed E-state index contributed by atoms with van der Waals surface area (Å²) < 4.78 is 22.6. The number of H-pyrrole nitrogens is 3. The van der Waals surface area contributed by atoms with E-state index in [1.807, 2.05) is 6.07 Å².